The summed E-state index contributed by atoms with van der Waals surface area (Å²) in [6.07, 6.45) is 6.31. The van der Waals surface area contributed by atoms with Gasteiger partial charge in [0, 0.05) is 5.92 Å². The SMILES string of the molecule is Cc1nsc(NC(=O)C2CCCCCC2)c1C(=O)O. The molecule has 1 saturated carbocycles. The number of rotatable bonds is 3. The minimum Gasteiger partial charge on any atom is -0.478 e. The molecule has 104 valence electrons. The molecule has 0 aliphatic heterocycles. The fraction of sp³-hybridized carbons (Fsp3) is 0.615. The highest BCUT2D eigenvalue weighted by molar-refractivity contribution is 7.11. The van der Waals surface area contributed by atoms with Crippen molar-refractivity contribution >= 4 is 28.4 Å². The highest BCUT2D eigenvalue weighted by Crippen LogP contribution is 2.28. The second-order valence-corrected chi connectivity index (χ2v) is 5.73. The maximum absolute atomic E-state index is 12.2. The Morgan fingerprint density at radius 1 is 1.26 bits per heavy atom. The molecule has 1 heterocycles. The molecule has 5 nitrogen and oxygen atoms in total. The molecular weight excluding hydrogens is 264 g/mol. The summed E-state index contributed by atoms with van der Waals surface area (Å²) < 4.78 is 4.00. The van der Waals surface area contributed by atoms with Crippen molar-refractivity contribution in [1.29, 1.82) is 0 Å². The van der Waals surface area contributed by atoms with Gasteiger partial charge in [-0.1, -0.05) is 25.7 Å². The van der Waals surface area contributed by atoms with Crippen molar-refractivity contribution in [2.75, 3.05) is 5.32 Å². The smallest absolute Gasteiger partial charge is 0.340 e. The molecule has 0 saturated heterocycles. The van der Waals surface area contributed by atoms with Crippen molar-refractivity contribution < 1.29 is 14.7 Å². The zero-order valence-corrected chi connectivity index (χ0v) is 11.8. The highest BCUT2D eigenvalue weighted by atomic mass is 32.1. The summed E-state index contributed by atoms with van der Waals surface area (Å²) in [7, 11) is 0. The minimum absolute atomic E-state index is 0.00607. The normalized spacial score (nSPS) is 16.9. The number of nitrogens with zero attached hydrogens (tertiary/aromatic N) is 1. The van der Waals surface area contributed by atoms with Gasteiger partial charge in [-0.3, -0.25) is 4.79 Å². The minimum atomic E-state index is -1.04. The second kappa shape index (κ2) is 6.14. The molecule has 1 aliphatic rings. The lowest BCUT2D eigenvalue weighted by atomic mass is 9.99. The molecule has 0 aromatic carbocycles. The molecule has 1 aromatic heterocycles. The molecule has 2 rings (SSSR count). The number of aromatic carboxylic acids is 1. The average Bonchev–Trinajstić information content (AvgIpc) is 2.59. The molecule has 1 fully saturated rings. The Bertz CT molecular complexity index is 476. The number of carbonyl (C=O) groups excluding carboxylic acids is 1. The van der Waals surface area contributed by atoms with Crippen LogP contribution in [0.2, 0.25) is 0 Å². The van der Waals surface area contributed by atoms with Crippen LogP contribution in [0.25, 0.3) is 0 Å². The fourth-order valence-corrected chi connectivity index (χ4v) is 3.25. The van der Waals surface area contributed by atoms with E-state index in [4.69, 9.17) is 5.11 Å². The number of aryl methyl sites for hydroxylation is 1. The van der Waals surface area contributed by atoms with Crippen LogP contribution >= 0.6 is 11.5 Å². The van der Waals surface area contributed by atoms with Crippen LogP contribution in [0, 0.1) is 12.8 Å². The zero-order valence-electron chi connectivity index (χ0n) is 10.9. The lowest BCUT2D eigenvalue weighted by Crippen LogP contribution is -2.22. The van der Waals surface area contributed by atoms with Crippen LogP contribution in [-0.4, -0.2) is 21.4 Å². The third kappa shape index (κ3) is 3.32. The molecule has 0 bridgehead atoms. The summed E-state index contributed by atoms with van der Waals surface area (Å²) >= 11 is 1.04. The fourth-order valence-electron chi connectivity index (χ4n) is 2.46. The van der Waals surface area contributed by atoms with Gasteiger partial charge in [-0.15, -0.1) is 0 Å². The number of hydrogen-bond acceptors (Lipinski definition) is 4. The first kappa shape index (κ1) is 14.0. The van der Waals surface area contributed by atoms with Crippen molar-refractivity contribution in [1.82, 2.24) is 4.37 Å². The predicted octanol–water partition coefficient (Wildman–Crippen LogP) is 3.06. The topological polar surface area (TPSA) is 79.3 Å². The Kier molecular flexibility index (Phi) is 4.52. The van der Waals surface area contributed by atoms with Crippen LogP contribution in [0.4, 0.5) is 5.00 Å². The van der Waals surface area contributed by atoms with Gasteiger partial charge in [-0.25, -0.2) is 4.79 Å². The van der Waals surface area contributed by atoms with Gasteiger partial charge in [0.15, 0.2) is 0 Å². The van der Waals surface area contributed by atoms with E-state index in [9.17, 15) is 9.59 Å². The van der Waals surface area contributed by atoms with Gasteiger partial charge in [0.05, 0.1) is 5.69 Å². The van der Waals surface area contributed by atoms with Gasteiger partial charge < -0.3 is 10.4 Å². The first-order chi connectivity index (χ1) is 9.09. The molecule has 0 spiro atoms. The molecule has 19 heavy (non-hydrogen) atoms. The van der Waals surface area contributed by atoms with E-state index in [0.29, 0.717) is 10.7 Å². The van der Waals surface area contributed by atoms with Crippen LogP contribution in [0.5, 0.6) is 0 Å². The quantitative estimate of drug-likeness (QED) is 0.835. The van der Waals surface area contributed by atoms with E-state index in [1.165, 1.54) is 12.8 Å². The van der Waals surface area contributed by atoms with E-state index in [2.05, 4.69) is 9.69 Å². The number of aromatic nitrogens is 1. The molecule has 6 heteroatoms. The first-order valence-corrected chi connectivity index (χ1v) is 7.37. The predicted molar refractivity (Wildman–Crippen MR) is 73.6 cm³/mol. The number of carbonyl (C=O) groups is 2. The number of carboxylic acid groups (broad SMARTS) is 1. The number of hydrogen-bond donors (Lipinski definition) is 2. The molecular formula is C13H18N2O3S. The maximum Gasteiger partial charge on any atom is 0.340 e. The summed E-state index contributed by atoms with van der Waals surface area (Å²) in [6.45, 7) is 1.64. The van der Waals surface area contributed by atoms with Gasteiger partial charge in [0.2, 0.25) is 5.91 Å². The maximum atomic E-state index is 12.2. The third-order valence-electron chi connectivity index (χ3n) is 3.54. The van der Waals surface area contributed by atoms with Gasteiger partial charge in [0.1, 0.15) is 10.6 Å². The molecule has 0 unspecified atom stereocenters. The standard InChI is InChI=1S/C13H18N2O3S/c1-8-10(13(17)18)12(19-15-8)14-11(16)9-6-4-2-3-5-7-9/h9H,2-7H2,1H3,(H,14,16)(H,17,18). The Hall–Kier alpha value is -1.43. The van der Waals surface area contributed by atoms with E-state index in [1.54, 1.807) is 6.92 Å². The Balaban J connectivity index is 2.08. The summed E-state index contributed by atoms with van der Waals surface area (Å²) in [4.78, 5) is 23.3. The second-order valence-electron chi connectivity index (χ2n) is 4.95. The monoisotopic (exact) mass is 282 g/mol. The highest BCUT2D eigenvalue weighted by Gasteiger charge is 2.24. The van der Waals surface area contributed by atoms with Gasteiger partial charge in [0.25, 0.3) is 0 Å². The number of amides is 1. The summed E-state index contributed by atoms with van der Waals surface area (Å²) in [5.41, 5.74) is 0.570. The first-order valence-electron chi connectivity index (χ1n) is 6.60. The Morgan fingerprint density at radius 3 is 2.47 bits per heavy atom. The summed E-state index contributed by atoms with van der Waals surface area (Å²) in [5.74, 6) is -1.10. The van der Waals surface area contributed by atoms with Crippen LogP contribution in [-0.2, 0) is 4.79 Å². The molecule has 1 aliphatic carbocycles. The zero-order chi connectivity index (χ0) is 13.8. The van der Waals surface area contributed by atoms with E-state index in [1.807, 2.05) is 0 Å². The van der Waals surface area contributed by atoms with Crippen molar-refractivity contribution in [3.05, 3.63) is 11.3 Å². The lowest BCUT2D eigenvalue weighted by molar-refractivity contribution is -0.120. The molecule has 2 N–H and O–H groups in total. The summed E-state index contributed by atoms with van der Waals surface area (Å²) in [6, 6.07) is 0. The number of carboxylic acids is 1. The summed E-state index contributed by atoms with van der Waals surface area (Å²) in [5, 5.41) is 12.2. The molecule has 0 atom stereocenters. The van der Waals surface area contributed by atoms with E-state index in [-0.39, 0.29) is 17.4 Å². The Labute approximate surface area is 116 Å². The van der Waals surface area contributed by atoms with Crippen LogP contribution in [0.3, 0.4) is 0 Å². The van der Waals surface area contributed by atoms with Gasteiger partial charge >= 0.3 is 5.97 Å². The molecule has 0 radical (unpaired) electrons. The molecule has 1 amide bonds. The van der Waals surface area contributed by atoms with Crippen molar-refractivity contribution in [2.45, 2.75) is 45.4 Å². The number of anilines is 1. The van der Waals surface area contributed by atoms with Crippen molar-refractivity contribution in [3.8, 4) is 0 Å². The van der Waals surface area contributed by atoms with Gasteiger partial charge in [-0.05, 0) is 31.3 Å². The lowest BCUT2D eigenvalue weighted by Gasteiger charge is -2.13. The van der Waals surface area contributed by atoms with E-state index >= 15 is 0 Å². The van der Waals surface area contributed by atoms with Crippen molar-refractivity contribution in [3.63, 3.8) is 0 Å². The van der Waals surface area contributed by atoms with E-state index in [0.717, 1.165) is 37.2 Å². The largest absolute Gasteiger partial charge is 0.478 e. The average molecular weight is 282 g/mol. The van der Waals surface area contributed by atoms with E-state index < -0.39 is 5.97 Å². The van der Waals surface area contributed by atoms with Crippen LogP contribution in [0.15, 0.2) is 0 Å². The van der Waals surface area contributed by atoms with Crippen LogP contribution in [0.1, 0.15) is 54.6 Å². The van der Waals surface area contributed by atoms with Crippen molar-refractivity contribution in [2.24, 2.45) is 5.92 Å². The third-order valence-corrected chi connectivity index (χ3v) is 4.39. The Morgan fingerprint density at radius 2 is 1.89 bits per heavy atom. The van der Waals surface area contributed by atoms with Gasteiger partial charge in [-0.2, -0.15) is 4.37 Å². The molecule has 1 aromatic rings. The number of nitrogens with one attached hydrogen (secondary N) is 1. The van der Waals surface area contributed by atoms with Crippen LogP contribution < -0.4 is 5.32 Å².